The molecule has 0 heterocycles. The Hall–Kier alpha value is -1.16. The summed E-state index contributed by atoms with van der Waals surface area (Å²) in [6.07, 6.45) is 4.79. The van der Waals surface area contributed by atoms with Crippen LogP contribution in [0.4, 0.5) is 0 Å². The summed E-state index contributed by atoms with van der Waals surface area (Å²) < 4.78 is 22.0. The Morgan fingerprint density at radius 1 is 1.24 bits per heavy atom. The highest BCUT2D eigenvalue weighted by molar-refractivity contribution is 7.91. The third-order valence-corrected chi connectivity index (χ3v) is 3.99. The van der Waals surface area contributed by atoms with Gasteiger partial charge in [-0.3, -0.25) is 4.79 Å². The van der Waals surface area contributed by atoms with Gasteiger partial charge in [0.05, 0.1) is 0 Å². The first kappa shape index (κ1) is 12.3. The van der Waals surface area contributed by atoms with Crippen molar-refractivity contribution in [3.05, 3.63) is 35.4 Å². The molecule has 1 aromatic carbocycles. The number of rotatable bonds is 4. The zero-order valence-corrected chi connectivity index (χ0v) is 10.7. The van der Waals surface area contributed by atoms with E-state index in [9.17, 15) is 13.2 Å². The van der Waals surface area contributed by atoms with Gasteiger partial charge in [0.1, 0.15) is 5.75 Å². The number of sulfone groups is 1. The standard InChI is InChI=1S/C13H16O3S/c1-17(15,16)9-13(14)12-7-5-11(6-8-12)10-3-2-4-10/h5-8,10H,2-4,9H2,1H3. The van der Waals surface area contributed by atoms with Gasteiger partial charge in [-0.2, -0.15) is 0 Å². The lowest BCUT2D eigenvalue weighted by Crippen LogP contribution is -2.15. The zero-order valence-electron chi connectivity index (χ0n) is 9.85. The predicted octanol–water partition coefficient (Wildman–Crippen LogP) is 2.18. The quantitative estimate of drug-likeness (QED) is 0.772. The molecule has 92 valence electrons. The van der Waals surface area contributed by atoms with Crippen molar-refractivity contribution in [3.8, 4) is 0 Å². The Labute approximate surface area is 102 Å². The minimum absolute atomic E-state index is 0.326. The molecule has 0 radical (unpaired) electrons. The molecule has 17 heavy (non-hydrogen) atoms. The zero-order chi connectivity index (χ0) is 12.5. The SMILES string of the molecule is CS(=O)(=O)CC(=O)c1ccc(C2CCC2)cc1. The molecule has 4 heteroatoms. The first-order chi connectivity index (χ1) is 7.96. The lowest BCUT2D eigenvalue weighted by atomic mass is 9.80. The summed E-state index contributed by atoms with van der Waals surface area (Å²) in [5.74, 6) is -0.0998. The van der Waals surface area contributed by atoms with Crippen molar-refractivity contribution in [1.29, 1.82) is 0 Å². The van der Waals surface area contributed by atoms with Crippen LogP contribution in [0.5, 0.6) is 0 Å². The molecule has 0 bridgehead atoms. The van der Waals surface area contributed by atoms with Crippen LogP contribution in [0.3, 0.4) is 0 Å². The predicted molar refractivity (Wildman–Crippen MR) is 67.1 cm³/mol. The second-order valence-electron chi connectivity index (χ2n) is 4.74. The lowest BCUT2D eigenvalue weighted by molar-refractivity contribution is 0.102. The molecule has 0 amide bonds. The molecule has 2 rings (SSSR count). The van der Waals surface area contributed by atoms with Crippen LogP contribution in [-0.2, 0) is 9.84 Å². The van der Waals surface area contributed by atoms with E-state index in [0.717, 1.165) is 6.26 Å². The van der Waals surface area contributed by atoms with Gasteiger partial charge in [0.2, 0.25) is 0 Å². The first-order valence-electron chi connectivity index (χ1n) is 5.76. The smallest absolute Gasteiger partial charge is 0.177 e. The van der Waals surface area contributed by atoms with Gasteiger partial charge in [-0.1, -0.05) is 30.7 Å². The number of Topliss-reactive ketones (excluding diaryl/α,β-unsaturated/α-hetero) is 1. The maximum atomic E-state index is 11.6. The van der Waals surface area contributed by atoms with E-state index in [2.05, 4.69) is 0 Å². The van der Waals surface area contributed by atoms with E-state index in [0.29, 0.717) is 11.5 Å². The average Bonchev–Trinajstić information content (AvgIpc) is 2.13. The Bertz CT molecular complexity index is 510. The minimum Gasteiger partial charge on any atom is -0.293 e. The van der Waals surface area contributed by atoms with Crippen LogP contribution in [0, 0.1) is 0 Å². The third-order valence-electron chi connectivity index (χ3n) is 3.20. The molecule has 0 aliphatic heterocycles. The highest BCUT2D eigenvalue weighted by atomic mass is 32.2. The van der Waals surface area contributed by atoms with Crippen molar-refractivity contribution in [2.45, 2.75) is 25.2 Å². The third kappa shape index (κ3) is 3.16. The van der Waals surface area contributed by atoms with Crippen molar-refractivity contribution in [1.82, 2.24) is 0 Å². The number of carbonyl (C=O) groups excluding carboxylic acids is 1. The second-order valence-corrected chi connectivity index (χ2v) is 6.88. The highest BCUT2D eigenvalue weighted by Crippen LogP contribution is 2.36. The van der Waals surface area contributed by atoms with Gasteiger partial charge in [-0.05, 0) is 24.3 Å². The first-order valence-corrected chi connectivity index (χ1v) is 7.82. The van der Waals surface area contributed by atoms with E-state index in [4.69, 9.17) is 0 Å². The normalized spacial score (nSPS) is 16.5. The van der Waals surface area contributed by atoms with Gasteiger partial charge in [-0.25, -0.2) is 8.42 Å². The van der Waals surface area contributed by atoms with Crippen LogP contribution in [-0.4, -0.2) is 26.2 Å². The fraction of sp³-hybridized carbons (Fsp3) is 0.462. The van der Waals surface area contributed by atoms with Crippen LogP contribution >= 0.6 is 0 Å². The molecule has 1 aliphatic carbocycles. The molecule has 1 aliphatic rings. The molecule has 0 N–H and O–H groups in total. The molecule has 1 saturated carbocycles. The molecular weight excluding hydrogens is 236 g/mol. The van der Waals surface area contributed by atoms with Crippen molar-refractivity contribution in [2.75, 3.05) is 12.0 Å². The Balaban J connectivity index is 2.09. The van der Waals surface area contributed by atoms with Gasteiger partial charge in [-0.15, -0.1) is 0 Å². The van der Waals surface area contributed by atoms with Gasteiger partial charge in [0.15, 0.2) is 15.6 Å². The molecule has 3 nitrogen and oxygen atoms in total. The molecular formula is C13H16O3S. The minimum atomic E-state index is -3.24. The maximum Gasteiger partial charge on any atom is 0.177 e. The molecule has 0 saturated heterocycles. The van der Waals surface area contributed by atoms with E-state index >= 15 is 0 Å². The lowest BCUT2D eigenvalue weighted by Gasteiger charge is -2.25. The molecule has 1 fully saturated rings. The number of hydrogen-bond acceptors (Lipinski definition) is 3. The monoisotopic (exact) mass is 252 g/mol. The van der Waals surface area contributed by atoms with Crippen molar-refractivity contribution in [3.63, 3.8) is 0 Å². The number of hydrogen-bond donors (Lipinski definition) is 0. The summed E-state index contributed by atoms with van der Waals surface area (Å²) in [6, 6.07) is 7.36. The van der Waals surface area contributed by atoms with Gasteiger partial charge in [0, 0.05) is 11.8 Å². The largest absolute Gasteiger partial charge is 0.293 e. The summed E-state index contributed by atoms with van der Waals surface area (Å²) in [5.41, 5.74) is 1.74. The van der Waals surface area contributed by atoms with Crippen LogP contribution in [0.25, 0.3) is 0 Å². The molecule has 0 spiro atoms. The summed E-state index contributed by atoms with van der Waals surface area (Å²) in [6.45, 7) is 0. The molecule has 0 atom stereocenters. The fourth-order valence-corrected chi connectivity index (χ4v) is 2.65. The van der Waals surface area contributed by atoms with Crippen molar-refractivity contribution < 1.29 is 13.2 Å². The van der Waals surface area contributed by atoms with Gasteiger partial charge in [0.25, 0.3) is 0 Å². The van der Waals surface area contributed by atoms with Gasteiger partial charge < -0.3 is 0 Å². The summed E-state index contributed by atoms with van der Waals surface area (Å²) >= 11 is 0. The topological polar surface area (TPSA) is 51.2 Å². The van der Waals surface area contributed by atoms with Crippen LogP contribution in [0.15, 0.2) is 24.3 Å². The Morgan fingerprint density at radius 3 is 2.24 bits per heavy atom. The van der Waals surface area contributed by atoms with E-state index in [1.807, 2.05) is 12.1 Å². The Morgan fingerprint density at radius 2 is 1.82 bits per heavy atom. The number of carbonyl (C=O) groups is 1. The highest BCUT2D eigenvalue weighted by Gasteiger charge is 2.20. The number of ketones is 1. The van der Waals surface area contributed by atoms with E-state index in [1.165, 1.54) is 24.8 Å². The molecule has 1 aromatic rings. The van der Waals surface area contributed by atoms with Crippen LogP contribution in [0.1, 0.15) is 41.1 Å². The summed E-state index contributed by atoms with van der Waals surface area (Å²) in [4.78, 5) is 11.6. The fourth-order valence-electron chi connectivity index (χ4n) is 2.00. The van der Waals surface area contributed by atoms with Crippen LogP contribution in [0.2, 0.25) is 0 Å². The molecule has 0 unspecified atom stereocenters. The average molecular weight is 252 g/mol. The molecule has 0 aromatic heterocycles. The van der Waals surface area contributed by atoms with E-state index in [1.54, 1.807) is 12.1 Å². The summed E-state index contributed by atoms with van der Waals surface area (Å²) in [7, 11) is -3.24. The van der Waals surface area contributed by atoms with E-state index < -0.39 is 15.6 Å². The Kier molecular flexibility index (Phi) is 3.33. The van der Waals surface area contributed by atoms with Crippen molar-refractivity contribution >= 4 is 15.6 Å². The number of benzene rings is 1. The van der Waals surface area contributed by atoms with E-state index in [-0.39, 0.29) is 5.78 Å². The second kappa shape index (κ2) is 4.61. The summed E-state index contributed by atoms with van der Waals surface area (Å²) in [5, 5.41) is 0. The van der Waals surface area contributed by atoms with Crippen LogP contribution < -0.4 is 0 Å². The maximum absolute atomic E-state index is 11.6. The van der Waals surface area contributed by atoms with Crippen molar-refractivity contribution in [2.24, 2.45) is 0 Å². The van der Waals surface area contributed by atoms with Gasteiger partial charge >= 0.3 is 0 Å².